The monoisotopic (exact) mass is 395 g/mol. The van der Waals surface area contributed by atoms with Gasteiger partial charge in [0.1, 0.15) is 11.5 Å². The molecule has 0 fully saturated rings. The van der Waals surface area contributed by atoms with E-state index in [0.29, 0.717) is 6.54 Å². The molecular formula is C17H15ClFN3O5. The second-order valence-corrected chi connectivity index (χ2v) is 5.70. The van der Waals surface area contributed by atoms with Gasteiger partial charge in [-0.3, -0.25) is 14.9 Å². The Kier molecular flexibility index (Phi) is 6.67. The smallest absolute Gasteiger partial charge is 0.338 e. The Morgan fingerprint density at radius 1 is 1.22 bits per heavy atom. The van der Waals surface area contributed by atoms with Crippen LogP contribution in [-0.2, 0) is 9.53 Å². The quantitative estimate of drug-likeness (QED) is 0.421. The molecule has 0 heterocycles. The van der Waals surface area contributed by atoms with Gasteiger partial charge in [-0.15, -0.1) is 0 Å². The summed E-state index contributed by atoms with van der Waals surface area (Å²) in [6, 6.07) is 7.44. The van der Waals surface area contributed by atoms with E-state index in [1.165, 1.54) is 24.3 Å². The fourth-order valence-corrected chi connectivity index (χ4v) is 2.30. The first-order valence-electron chi connectivity index (χ1n) is 7.76. The van der Waals surface area contributed by atoms with Crippen LogP contribution in [0.5, 0.6) is 0 Å². The molecule has 2 rings (SSSR count). The molecule has 8 nitrogen and oxygen atoms in total. The van der Waals surface area contributed by atoms with E-state index in [4.69, 9.17) is 16.3 Å². The van der Waals surface area contributed by atoms with Crippen LogP contribution in [0.1, 0.15) is 17.3 Å². The van der Waals surface area contributed by atoms with Crippen molar-refractivity contribution in [3.63, 3.8) is 0 Å². The first-order chi connectivity index (χ1) is 12.8. The average molecular weight is 396 g/mol. The van der Waals surface area contributed by atoms with Crippen LogP contribution in [0, 0.1) is 15.9 Å². The van der Waals surface area contributed by atoms with Gasteiger partial charge < -0.3 is 15.4 Å². The first-order valence-corrected chi connectivity index (χ1v) is 8.14. The van der Waals surface area contributed by atoms with Crippen molar-refractivity contribution in [3.8, 4) is 0 Å². The number of nitro benzene ring substituents is 1. The Labute approximate surface area is 158 Å². The number of hydrogen-bond acceptors (Lipinski definition) is 6. The number of hydrogen-bond donors (Lipinski definition) is 2. The molecular weight excluding hydrogens is 381 g/mol. The van der Waals surface area contributed by atoms with E-state index in [2.05, 4.69) is 10.6 Å². The fraction of sp³-hybridized carbons (Fsp3) is 0.176. The molecule has 0 radical (unpaired) electrons. The highest BCUT2D eigenvalue weighted by Crippen LogP contribution is 2.25. The third-order valence-electron chi connectivity index (χ3n) is 3.34. The van der Waals surface area contributed by atoms with Gasteiger partial charge in [-0.2, -0.15) is 0 Å². The summed E-state index contributed by atoms with van der Waals surface area (Å²) in [6.45, 7) is 1.55. The zero-order valence-corrected chi connectivity index (χ0v) is 14.9. The largest absolute Gasteiger partial charge is 0.452 e. The summed E-state index contributed by atoms with van der Waals surface area (Å²) < 4.78 is 18.4. The molecule has 0 unspecified atom stereocenters. The lowest BCUT2D eigenvalue weighted by atomic mass is 10.1. The van der Waals surface area contributed by atoms with E-state index in [0.717, 1.165) is 12.1 Å². The number of ether oxygens (including phenoxy) is 1. The molecule has 0 aliphatic heterocycles. The lowest BCUT2D eigenvalue weighted by molar-refractivity contribution is -0.384. The summed E-state index contributed by atoms with van der Waals surface area (Å²) in [6.07, 6.45) is 0. The van der Waals surface area contributed by atoms with E-state index in [9.17, 15) is 24.1 Å². The van der Waals surface area contributed by atoms with Crippen molar-refractivity contribution >= 4 is 40.5 Å². The van der Waals surface area contributed by atoms with Gasteiger partial charge in [0.05, 0.1) is 16.2 Å². The molecule has 0 spiro atoms. The van der Waals surface area contributed by atoms with Crippen LogP contribution in [-0.4, -0.2) is 30.0 Å². The predicted molar refractivity (Wildman–Crippen MR) is 97.6 cm³/mol. The Hall–Kier alpha value is -3.20. The fourth-order valence-electron chi connectivity index (χ4n) is 2.14. The highest BCUT2D eigenvalue weighted by atomic mass is 35.5. The number of nitro groups is 1. The van der Waals surface area contributed by atoms with Crippen LogP contribution >= 0.6 is 11.6 Å². The van der Waals surface area contributed by atoms with Crippen LogP contribution < -0.4 is 10.6 Å². The third kappa shape index (κ3) is 5.38. The third-order valence-corrected chi connectivity index (χ3v) is 3.57. The maximum absolute atomic E-state index is 13.6. The van der Waals surface area contributed by atoms with Gasteiger partial charge in [0.15, 0.2) is 6.61 Å². The number of nitrogens with one attached hydrogen (secondary N) is 2. The molecule has 0 aliphatic carbocycles. The number of amides is 1. The van der Waals surface area contributed by atoms with Crippen molar-refractivity contribution < 1.29 is 23.6 Å². The number of halogens is 2. The van der Waals surface area contributed by atoms with Crippen LogP contribution in [0.15, 0.2) is 36.4 Å². The van der Waals surface area contributed by atoms with Crippen LogP contribution in [0.2, 0.25) is 5.02 Å². The molecule has 0 bridgehead atoms. The van der Waals surface area contributed by atoms with Crippen molar-refractivity contribution in [2.24, 2.45) is 0 Å². The zero-order valence-electron chi connectivity index (χ0n) is 14.1. The van der Waals surface area contributed by atoms with Crippen molar-refractivity contribution in [3.05, 3.63) is 62.9 Å². The summed E-state index contributed by atoms with van der Waals surface area (Å²) in [5, 5.41) is 16.3. The van der Waals surface area contributed by atoms with Gasteiger partial charge >= 0.3 is 5.97 Å². The predicted octanol–water partition coefficient (Wildman–Crippen LogP) is 3.61. The molecule has 10 heteroatoms. The van der Waals surface area contributed by atoms with E-state index >= 15 is 0 Å². The maximum Gasteiger partial charge on any atom is 0.338 e. The average Bonchev–Trinajstić information content (AvgIpc) is 2.62. The highest BCUT2D eigenvalue weighted by Gasteiger charge is 2.19. The molecule has 0 saturated carbocycles. The lowest BCUT2D eigenvalue weighted by Crippen LogP contribution is -2.21. The molecule has 0 aromatic heterocycles. The normalized spacial score (nSPS) is 10.2. The van der Waals surface area contributed by atoms with Gasteiger partial charge in [-0.25, -0.2) is 9.18 Å². The topological polar surface area (TPSA) is 111 Å². The molecule has 27 heavy (non-hydrogen) atoms. The minimum absolute atomic E-state index is 0.0890. The number of carbonyl (C=O) groups is 2. The summed E-state index contributed by atoms with van der Waals surface area (Å²) in [7, 11) is 0. The molecule has 142 valence electrons. The number of nitrogens with zero attached hydrogens (tertiary/aromatic N) is 1. The molecule has 0 aliphatic rings. The molecule has 1 amide bonds. The number of esters is 1. The molecule has 2 N–H and O–H groups in total. The Bertz CT molecular complexity index is 891. The van der Waals surface area contributed by atoms with Gasteiger partial charge in [0.25, 0.3) is 11.6 Å². The number of carbonyl (C=O) groups excluding carboxylic acids is 2. The number of anilines is 2. The first kappa shape index (κ1) is 20.1. The number of benzene rings is 2. The van der Waals surface area contributed by atoms with E-state index in [1.807, 2.05) is 0 Å². The summed E-state index contributed by atoms with van der Waals surface area (Å²) in [5.41, 5.74) is -0.242. The van der Waals surface area contributed by atoms with Crippen LogP contribution in [0.25, 0.3) is 0 Å². The summed E-state index contributed by atoms with van der Waals surface area (Å²) in [4.78, 5) is 34.3. The van der Waals surface area contributed by atoms with Crippen molar-refractivity contribution in [2.75, 3.05) is 23.8 Å². The van der Waals surface area contributed by atoms with Gasteiger partial charge in [-0.1, -0.05) is 11.6 Å². The molecule has 0 atom stereocenters. The van der Waals surface area contributed by atoms with E-state index in [1.54, 1.807) is 6.92 Å². The molecule has 0 saturated heterocycles. The SMILES string of the molecule is CCNc1ccc(C(=O)OCC(=O)Nc2ccc(Cl)cc2F)cc1[N+](=O)[O-]. The summed E-state index contributed by atoms with van der Waals surface area (Å²) >= 11 is 5.62. The minimum Gasteiger partial charge on any atom is -0.452 e. The standard InChI is InChI=1S/C17H15ClFN3O5/c1-2-20-14-5-3-10(7-15(14)22(25)26)17(24)27-9-16(23)21-13-6-4-11(18)8-12(13)19/h3-8,20H,2,9H2,1H3,(H,21,23). The second-order valence-electron chi connectivity index (χ2n) is 5.27. The zero-order chi connectivity index (χ0) is 20.0. The molecule has 2 aromatic rings. The van der Waals surface area contributed by atoms with Gasteiger partial charge in [0, 0.05) is 17.6 Å². The summed E-state index contributed by atoms with van der Waals surface area (Å²) in [5.74, 6) is -2.44. The van der Waals surface area contributed by atoms with Crippen molar-refractivity contribution in [2.45, 2.75) is 6.92 Å². The van der Waals surface area contributed by atoms with E-state index in [-0.39, 0.29) is 27.6 Å². The highest BCUT2D eigenvalue weighted by molar-refractivity contribution is 6.30. The Morgan fingerprint density at radius 3 is 2.56 bits per heavy atom. The van der Waals surface area contributed by atoms with Crippen molar-refractivity contribution in [1.29, 1.82) is 0 Å². The van der Waals surface area contributed by atoms with Crippen LogP contribution in [0.3, 0.4) is 0 Å². The van der Waals surface area contributed by atoms with Gasteiger partial charge in [0.2, 0.25) is 0 Å². The molecule has 2 aromatic carbocycles. The van der Waals surface area contributed by atoms with Gasteiger partial charge in [-0.05, 0) is 37.3 Å². The van der Waals surface area contributed by atoms with E-state index < -0.39 is 29.2 Å². The Morgan fingerprint density at radius 2 is 1.93 bits per heavy atom. The minimum atomic E-state index is -0.923. The second kappa shape index (κ2) is 8.95. The maximum atomic E-state index is 13.6. The lowest BCUT2D eigenvalue weighted by Gasteiger charge is -2.09. The van der Waals surface area contributed by atoms with Crippen LogP contribution in [0.4, 0.5) is 21.5 Å². The number of rotatable bonds is 7. The van der Waals surface area contributed by atoms with Crippen molar-refractivity contribution in [1.82, 2.24) is 0 Å². The Balaban J connectivity index is 2.01.